The molecule has 0 spiro atoms. The lowest BCUT2D eigenvalue weighted by Crippen LogP contribution is -2.49. The molecule has 0 aromatic heterocycles. The minimum Gasteiger partial charge on any atom is -0.497 e. The van der Waals surface area contributed by atoms with Crippen molar-refractivity contribution in [3.8, 4) is 5.75 Å². The number of morpholine rings is 1. The maximum absolute atomic E-state index is 14.4. The molecular weight excluding hydrogens is 429 g/mol. The van der Waals surface area contributed by atoms with Crippen LogP contribution in [0.15, 0.2) is 48.5 Å². The lowest BCUT2D eigenvalue weighted by molar-refractivity contribution is -0.122. The van der Waals surface area contributed by atoms with Crippen molar-refractivity contribution >= 4 is 23.4 Å². The first kappa shape index (κ1) is 22.9. The van der Waals surface area contributed by atoms with E-state index in [-0.39, 0.29) is 18.5 Å². The van der Waals surface area contributed by atoms with E-state index in [9.17, 15) is 18.8 Å². The number of hydrogen-bond acceptors (Lipinski definition) is 6. The molecule has 3 amide bonds. The molecule has 2 heterocycles. The highest BCUT2D eigenvalue weighted by atomic mass is 19.1. The van der Waals surface area contributed by atoms with Gasteiger partial charge in [0.25, 0.3) is 11.8 Å². The maximum atomic E-state index is 14.4. The van der Waals surface area contributed by atoms with Crippen LogP contribution in [0.3, 0.4) is 0 Å². The summed E-state index contributed by atoms with van der Waals surface area (Å²) in [7, 11) is 1.53. The number of hydrogen-bond donors (Lipinski definition) is 0. The summed E-state index contributed by atoms with van der Waals surface area (Å²) in [6.45, 7) is 3.27. The fourth-order valence-electron chi connectivity index (χ4n) is 4.12. The standard InChI is InChI=1S/C24H26FN3O5/c1-32-18-8-6-17(7-9-18)28-22(29)16-21(24(28)31)27(11-10-26-12-14-33-15-13-26)23(30)19-4-2-3-5-20(19)25/h2-9,21H,10-16H2,1H3. The quantitative estimate of drug-likeness (QED) is 0.594. The largest absolute Gasteiger partial charge is 0.497 e. The average molecular weight is 455 g/mol. The molecule has 2 aromatic rings. The third-order valence-corrected chi connectivity index (χ3v) is 5.96. The number of imide groups is 1. The topological polar surface area (TPSA) is 79.4 Å². The zero-order valence-electron chi connectivity index (χ0n) is 18.4. The highest BCUT2D eigenvalue weighted by Crippen LogP contribution is 2.28. The first-order valence-electron chi connectivity index (χ1n) is 10.9. The van der Waals surface area contributed by atoms with E-state index in [0.717, 1.165) is 4.90 Å². The van der Waals surface area contributed by atoms with Crippen molar-refractivity contribution in [2.24, 2.45) is 0 Å². The normalized spacial score (nSPS) is 19.1. The molecule has 0 N–H and O–H groups in total. The Kier molecular flexibility index (Phi) is 7.00. The summed E-state index contributed by atoms with van der Waals surface area (Å²) in [6.07, 6.45) is -0.159. The van der Waals surface area contributed by atoms with Gasteiger partial charge in [-0.1, -0.05) is 12.1 Å². The van der Waals surface area contributed by atoms with E-state index in [2.05, 4.69) is 4.90 Å². The Hall–Kier alpha value is -3.30. The molecule has 1 atom stereocenters. The number of nitrogens with zero attached hydrogens (tertiary/aromatic N) is 3. The van der Waals surface area contributed by atoms with E-state index in [1.807, 2.05) is 0 Å². The molecule has 9 heteroatoms. The van der Waals surface area contributed by atoms with E-state index < -0.39 is 29.6 Å². The van der Waals surface area contributed by atoms with Crippen LogP contribution in [0.25, 0.3) is 0 Å². The van der Waals surface area contributed by atoms with Gasteiger partial charge >= 0.3 is 0 Å². The fraction of sp³-hybridized carbons (Fsp3) is 0.375. The second-order valence-electron chi connectivity index (χ2n) is 7.92. The molecule has 4 rings (SSSR count). The van der Waals surface area contributed by atoms with Crippen LogP contribution in [-0.2, 0) is 14.3 Å². The van der Waals surface area contributed by atoms with Crippen molar-refractivity contribution in [1.82, 2.24) is 9.80 Å². The Labute approximate surface area is 191 Å². The van der Waals surface area contributed by atoms with Crippen LogP contribution in [0, 0.1) is 5.82 Å². The van der Waals surface area contributed by atoms with E-state index >= 15 is 0 Å². The van der Waals surface area contributed by atoms with Gasteiger partial charge in [0.15, 0.2) is 0 Å². The third kappa shape index (κ3) is 4.89. The van der Waals surface area contributed by atoms with Crippen molar-refractivity contribution in [3.63, 3.8) is 0 Å². The number of rotatable bonds is 7. The van der Waals surface area contributed by atoms with Gasteiger partial charge in [-0.15, -0.1) is 0 Å². The molecule has 2 saturated heterocycles. The first-order valence-corrected chi connectivity index (χ1v) is 10.9. The van der Waals surface area contributed by atoms with Gasteiger partial charge in [-0.2, -0.15) is 0 Å². The van der Waals surface area contributed by atoms with E-state index in [4.69, 9.17) is 9.47 Å². The van der Waals surface area contributed by atoms with Crippen LogP contribution in [0.1, 0.15) is 16.8 Å². The fourth-order valence-corrected chi connectivity index (χ4v) is 4.12. The second kappa shape index (κ2) is 10.1. The summed E-state index contributed by atoms with van der Waals surface area (Å²) in [6, 6.07) is 11.2. The van der Waals surface area contributed by atoms with E-state index in [1.165, 1.54) is 30.2 Å². The van der Waals surface area contributed by atoms with Gasteiger partial charge in [0, 0.05) is 26.2 Å². The molecule has 2 aliphatic heterocycles. The summed E-state index contributed by atoms with van der Waals surface area (Å²) in [4.78, 5) is 44.0. The molecular formula is C24H26FN3O5. The van der Waals surface area contributed by atoms with Gasteiger partial charge in [-0.25, -0.2) is 9.29 Å². The Morgan fingerprint density at radius 1 is 1.12 bits per heavy atom. The Morgan fingerprint density at radius 2 is 1.82 bits per heavy atom. The molecule has 0 saturated carbocycles. The van der Waals surface area contributed by atoms with E-state index in [1.54, 1.807) is 30.3 Å². The van der Waals surface area contributed by atoms with Gasteiger partial charge in [0.2, 0.25) is 5.91 Å². The van der Waals surface area contributed by atoms with Gasteiger partial charge in [-0.3, -0.25) is 19.3 Å². The molecule has 33 heavy (non-hydrogen) atoms. The maximum Gasteiger partial charge on any atom is 0.257 e. The Morgan fingerprint density at radius 3 is 2.48 bits per heavy atom. The zero-order valence-corrected chi connectivity index (χ0v) is 18.4. The highest BCUT2D eigenvalue weighted by molar-refractivity contribution is 6.23. The number of amides is 3. The molecule has 2 aliphatic rings. The number of ether oxygens (including phenoxy) is 2. The number of halogens is 1. The molecule has 1 unspecified atom stereocenters. The van der Waals surface area contributed by atoms with Crippen molar-refractivity contribution in [2.45, 2.75) is 12.5 Å². The summed E-state index contributed by atoms with van der Waals surface area (Å²) >= 11 is 0. The van der Waals surface area contributed by atoms with Crippen molar-refractivity contribution < 1.29 is 28.2 Å². The van der Waals surface area contributed by atoms with Crippen LogP contribution in [0.4, 0.5) is 10.1 Å². The SMILES string of the molecule is COc1ccc(N2C(=O)CC(N(CCN3CCOCC3)C(=O)c3ccccc3F)C2=O)cc1. The minimum absolute atomic E-state index is 0.123. The van der Waals surface area contributed by atoms with Crippen LogP contribution < -0.4 is 9.64 Å². The summed E-state index contributed by atoms with van der Waals surface area (Å²) in [5.41, 5.74) is 0.280. The number of anilines is 1. The van der Waals surface area contributed by atoms with Gasteiger partial charge < -0.3 is 14.4 Å². The molecule has 0 radical (unpaired) electrons. The molecule has 2 fully saturated rings. The van der Waals surface area contributed by atoms with Crippen LogP contribution in [-0.4, -0.2) is 80.1 Å². The van der Waals surface area contributed by atoms with Crippen molar-refractivity contribution in [2.75, 3.05) is 51.4 Å². The van der Waals surface area contributed by atoms with E-state index in [0.29, 0.717) is 44.3 Å². The molecule has 8 nitrogen and oxygen atoms in total. The number of benzene rings is 2. The zero-order chi connectivity index (χ0) is 23.4. The monoisotopic (exact) mass is 455 g/mol. The van der Waals surface area contributed by atoms with Crippen LogP contribution in [0.2, 0.25) is 0 Å². The Balaban J connectivity index is 1.59. The summed E-state index contributed by atoms with van der Waals surface area (Å²) < 4.78 is 24.9. The lowest BCUT2D eigenvalue weighted by Gasteiger charge is -2.32. The molecule has 174 valence electrons. The molecule has 0 bridgehead atoms. The van der Waals surface area contributed by atoms with Gasteiger partial charge in [-0.05, 0) is 36.4 Å². The second-order valence-corrected chi connectivity index (χ2v) is 7.92. The van der Waals surface area contributed by atoms with Crippen LogP contribution in [0.5, 0.6) is 5.75 Å². The van der Waals surface area contributed by atoms with Crippen molar-refractivity contribution in [1.29, 1.82) is 0 Å². The summed E-state index contributed by atoms with van der Waals surface area (Å²) in [5.74, 6) is -1.59. The van der Waals surface area contributed by atoms with Crippen LogP contribution >= 0.6 is 0 Å². The predicted octanol–water partition coefficient (Wildman–Crippen LogP) is 1.94. The predicted molar refractivity (Wildman–Crippen MR) is 119 cm³/mol. The molecule has 0 aliphatic carbocycles. The number of methoxy groups -OCH3 is 1. The minimum atomic E-state index is -1.01. The van der Waals surface area contributed by atoms with Gasteiger partial charge in [0.05, 0.1) is 38.0 Å². The van der Waals surface area contributed by atoms with Gasteiger partial charge in [0.1, 0.15) is 17.6 Å². The smallest absolute Gasteiger partial charge is 0.257 e. The summed E-state index contributed by atoms with van der Waals surface area (Å²) in [5, 5.41) is 0. The van der Waals surface area contributed by atoms with Crippen molar-refractivity contribution in [3.05, 3.63) is 59.9 Å². The number of carbonyl (C=O) groups excluding carboxylic acids is 3. The third-order valence-electron chi connectivity index (χ3n) is 5.96. The average Bonchev–Trinajstić information content (AvgIpc) is 3.13. The lowest BCUT2D eigenvalue weighted by atomic mass is 10.1. The first-order chi connectivity index (χ1) is 16.0. The number of carbonyl (C=O) groups is 3. The Bertz CT molecular complexity index is 1020. The molecule has 2 aromatic carbocycles. The highest BCUT2D eigenvalue weighted by Gasteiger charge is 2.44.